The summed E-state index contributed by atoms with van der Waals surface area (Å²) >= 11 is 3.56. The maximum Gasteiger partial charge on any atom is 0.0734 e. The lowest BCUT2D eigenvalue weighted by Crippen LogP contribution is -2.02. The van der Waals surface area contributed by atoms with Gasteiger partial charge in [0.05, 0.1) is 13.2 Å². The Hall–Kier alpha value is -1.20. The van der Waals surface area contributed by atoms with Gasteiger partial charge in [-0.15, -0.1) is 22.7 Å². The van der Waals surface area contributed by atoms with Crippen molar-refractivity contribution in [3.05, 3.63) is 57.1 Å². The minimum Gasteiger partial charge on any atom is -0.376 e. The average molecular weight is 303 g/mol. The van der Waals surface area contributed by atoms with Crippen LogP contribution in [-0.2, 0) is 24.3 Å². The van der Waals surface area contributed by atoms with Crippen LogP contribution in [0.5, 0.6) is 0 Å². The number of ether oxygens (including phenoxy) is 1. The highest BCUT2D eigenvalue weighted by Gasteiger charge is 2.10. The molecular weight excluding hydrogens is 286 g/mol. The summed E-state index contributed by atoms with van der Waals surface area (Å²) in [7, 11) is 0. The Morgan fingerprint density at radius 3 is 2.80 bits per heavy atom. The maximum atomic E-state index is 5.86. The van der Waals surface area contributed by atoms with Gasteiger partial charge in [-0.25, -0.2) is 0 Å². The molecule has 0 radical (unpaired) electrons. The Morgan fingerprint density at radius 1 is 1.10 bits per heavy atom. The second kappa shape index (κ2) is 6.50. The first kappa shape index (κ1) is 13.8. The van der Waals surface area contributed by atoms with Crippen LogP contribution in [0, 0.1) is 0 Å². The third kappa shape index (κ3) is 2.94. The summed E-state index contributed by atoms with van der Waals surface area (Å²) in [5, 5.41) is 3.39. The summed E-state index contributed by atoms with van der Waals surface area (Å²) in [6.45, 7) is 2.00. The van der Waals surface area contributed by atoms with Gasteiger partial charge in [-0.05, 0) is 22.9 Å². The molecule has 0 saturated heterocycles. The number of thiophene rings is 2. The normalized spacial score (nSPS) is 11.2. The molecule has 1 aromatic carbocycles. The molecule has 4 heteroatoms. The molecule has 0 aliphatic heterocycles. The monoisotopic (exact) mass is 303 g/mol. The molecule has 2 nitrogen and oxygen atoms in total. The molecule has 0 amide bonds. The van der Waals surface area contributed by atoms with E-state index in [-0.39, 0.29) is 0 Å². The quantitative estimate of drug-likeness (QED) is 0.693. The molecule has 0 aliphatic carbocycles. The Bertz CT molecular complexity index is 673. The van der Waals surface area contributed by atoms with Crippen molar-refractivity contribution in [1.82, 2.24) is 0 Å². The van der Waals surface area contributed by atoms with Crippen molar-refractivity contribution in [2.24, 2.45) is 5.73 Å². The molecule has 3 aromatic rings. The van der Waals surface area contributed by atoms with Crippen molar-refractivity contribution in [3.63, 3.8) is 0 Å². The van der Waals surface area contributed by atoms with Crippen LogP contribution in [0.3, 0.4) is 0 Å². The van der Waals surface area contributed by atoms with Gasteiger partial charge in [0, 0.05) is 33.0 Å². The lowest BCUT2D eigenvalue weighted by molar-refractivity contribution is 0.125. The zero-order valence-electron chi connectivity index (χ0n) is 11.2. The number of benzene rings is 1. The summed E-state index contributed by atoms with van der Waals surface area (Å²) in [5.74, 6) is 0. The predicted octanol–water partition coefficient (Wildman–Crippen LogP) is 4.18. The average Bonchev–Trinajstić information content (AvgIpc) is 3.11. The Kier molecular flexibility index (Phi) is 4.47. The molecule has 0 aliphatic rings. The molecule has 0 unspecified atom stereocenters. The van der Waals surface area contributed by atoms with Gasteiger partial charge in [-0.2, -0.15) is 0 Å². The summed E-state index contributed by atoms with van der Waals surface area (Å²) in [6.07, 6.45) is 0.984. The number of rotatable bonds is 6. The van der Waals surface area contributed by atoms with Gasteiger partial charge in [0.15, 0.2) is 0 Å². The van der Waals surface area contributed by atoms with E-state index in [2.05, 4.69) is 41.8 Å². The number of nitrogens with two attached hydrogens (primary N) is 1. The maximum absolute atomic E-state index is 5.86. The van der Waals surface area contributed by atoms with Gasteiger partial charge in [-0.3, -0.25) is 0 Å². The summed E-state index contributed by atoms with van der Waals surface area (Å²) < 4.78 is 7.16. The van der Waals surface area contributed by atoms with E-state index in [1.807, 2.05) is 0 Å². The SMILES string of the molecule is NCc1sc2ccccc2c1COCCc1cccs1. The molecule has 2 aromatic heterocycles. The zero-order chi connectivity index (χ0) is 13.8. The number of hydrogen-bond donors (Lipinski definition) is 1. The van der Waals surface area contributed by atoms with Crippen molar-refractivity contribution >= 4 is 32.8 Å². The zero-order valence-corrected chi connectivity index (χ0v) is 12.8. The summed E-state index contributed by atoms with van der Waals surface area (Å²) in [5.41, 5.74) is 7.12. The molecule has 2 heterocycles. The van der Waals surface area contributed by atoms with Gasteiger partial charge < -0.3 is 10.5 Å². The van der Waals surface area contributed by atoms with E-state index in [4.69, 9.17) is 10.5 Å². The molecular formula is C16H17NOS2. The largest absolute Gasteiger partial charge is 0.376 e. The van der Waals surface area contributed by atoms with E-state index in [0.29, 0.717) is 13.2 Å². The molecule has 104 valence electrons. The minimum atomic E-state index is 0.586. The van der Waals surface area contributed by atoms with Crippen LogP contribution >= 0.6 is 22.7 Å². The number of hydrogen-bond acceptors (Lipinski definition) is 4. The fourth-order valence-electron chi connectivity index (χ4n) is 2.27. The minimum absolute atomic E-state index is 0.586. The molecule has 0 spiro atoms. The Labute approximate surface area is 126 Å². The second-order valence-corrected chi connectivity index (χ2v) is 6.76. The molecule has 0 fully saturated rings. The highest BCUT2D eigenvalue weighted by atomic mass is 32.1. The lowest BCUT2D eigenvalue weighted by Gasteiger charge is -2.05. The van der Waals surface area contributed by atoms with Crippen molar-refractivity contribution in [1.29, 1.82) is 0 Å². The van der Waals surface area contributed by atoms with Crippen molar-refractivity contribution < 1.29 is 4.74 Å². The van der Waals surface area contributed by atoms with Gasteiger partial charge >= 0.3 is 0 Å². The van der Waals surface area contributed by atoms with Crippen LogP contribution in [0.15, 0.2) is 41.8 Å². The topological polar surface area (TPSA) is 35.2 Å². The smallest absolute Gasteiger partial charge is 0.0734 e. The third-order valence-electron chi connectivity index (χ3n) is 3.29. The first-order valence-electron chi connectivity index (χ1n) is 6.68. The lowest BCUT2D eigenvalue weighted by atomic mass is 10.1. The molecule has 0 saturated carbocycles. The van der Waals surface area contributed by atoms with Crippen LogP contribution in [0.2, 0.25) is 0 Å². The Balaban J connectivity index is 1.67. The summed E-state index contributed by atoms with van der Waals surface area (Å²) in [6, 6.07) is 12.7. The fraction of sp³-hybridized carbons (Fsp3) is 0.250. The Morgan fingerprint density at radius 2 is 2.00 bits per heavy atom. The molecule has 2 N–H and O–H groups in total. The van der Waals surface area contributed by atoms with Crippen LogP contribution in [0.1, 0.15) is 15.3 Å². The van der Waals surface area contributed by atoms with Crippen LogP contribution in [0.25, 0.3) is 10.1 Å². The van der Waals surface area contributed by atoms with Crippen LogP contribution in [0.4, 0.5) is 0 Å². The number of fused-ring (bicyclic) bond motifs is 1. The van der Waals surface area contributed by atoms with E-state index in [1.165, 1.54) is 25.4 Å². The first-order valence-corrected chi connectivity index (χ1v) is 8.37. The van der Waals surface area contributed by atoms with E-state index in [1.54, 1.807) is 22.7 Å². The van der Waals surface area contributed by atoms with Gasteiger partial charge in [0.1, 0.15) is 0 Å². The second-order valence-electron chi connectivity index (χ2n) is 4.59. The molecule has 20 heavy (non-hydrogen) atoms. The van der Waals surface area contributed by atoms with Crippen LogP contribution in [-0.4, -0.2) is 6.61 Å². The highest BCUT2D eigenvalue weighted by Crippen LogP contribution is 2.31. The standard InChI is InChI=1S/C16H17NOS2/c17-10-16-14(13-5-1-2-6-15(13)20-16)11-18-8-7-12-4-3-9-19-12/h1-6,9H,7-8,10-11,17H2. The van der Waals surface area contributed by atoms with E-state index in [9.17, 15) is 0 Å². The van der Waals surface area contributed by atoms with E-state index >= 15 is 0 Å². The van der Waals surface area contributed by atoms with Crippen molar-refractivity contribution in [2.75, 3.05) is 6.61 Å². The predicted molar refractivity (Wildman–Crippen MR) is 87.4 cm³/mol. The van der Waals surface area contributed by atoms with Gasteiger partial charge in [-0.1, -0.05) is 24.3 Å². The van der Waals surface area contributed by atoms with Crippen molar-refractivity contribution in [3.8, 4) is 0 Å². The van der Waals surface area contributed by atoms with Crippen LogP contribution < -0.4 is 5.73 Å². The third-order valence-corrected chi connectivity index (χ3v) is 5.46. The molecule has 0 bridgehead atoms. The highest BCUT2D eigenvalue weighted by molar-refractivity contribution is 7.19. The summed E-state index contributed by atoms with van der Waals surface area (Å²) in [4.78, 5) is 2.61. The van der Waals surface area contributed by atoms with Crippen molar-refractivity contribution in [2.45, 2.75) is 19.6 Å². The molecule has 0 atom stereocenters. The van der Waals surface area contributed by atoms with Gasteiger partial charge in [0.25, 0.3) is 0 Å². The first-order chi connectivity index (χ1) is 9.88. The van der Waals surface area contributed by atoms with E-state index in [0.717, 1.165) is 13.0 Å². The van der Waals surface area contributed by atoms with Gasteiger partial charge in [0.2, 0.25) is 0 Å². The fourth-order valence-corrected chi connectivity index (χ4v) is 4.05. The molecule has 3 rings (SSSR count). The van der Waals surface area contributed by atoms with E-state index < -0.39 is 0 Å².